The van der Waals surface area contributed by atoms with Gasteiger partial charge in [-0.1, -0.05) is 18.2 Å². The first kappa shape index (κ1) is 14.7. The Labute approximate surface area is 128 Å². The summed E-state index contributed by atoms with van der Waals surface area (Å²) in [4.78, 5) is 37.8. The predicted octanol–water partition coefficient (Wildman–Crippen LogP) is 0.577. The van der Waals surface area contributed by atoms with Crippen LogP contribution in [0.1, 0.15) is 25.7 Å². The molecule has 0 saturated carbocycles. The summed E-state index contributed by atoms with van der Waals surface area (Å²) < 4.78 is 0. The monoisotopic (exact) mass is 301 g/mol. The molecule has 2 aliphatic rings. The number of carbonyl (C=O) groups excluding carboxylic acids is 3. The minimum Gasteiger partial charge on any atom is -0.355 e. The van der Waals surface area contributed by atoms with Gasteiger partial charge in [-0.2, -0.15) is 0 Å². The van der Waals surface area contributed by atoms with Crippen LogP contribution in [0.4, 0.5) is 5.69 Å². The van der Waals surface area contributed by atoms with Crippen molar-refractivity contribution < 1.29 is 14.4 Å². The summed E-state index contributed by atoms with van der Waals surface area (Å²) in [7, 11) is 0. The van der Waals surface area contributed by atoms with Gasteiger partial charge in [-0.15, -0.1) is 0 Å². The third kappa shape index (κ3) is 2.87. The number of anilines is 1. The number of amides is 3. The molecule has 0 radical (unpaired) electrons. The second kappa shape index (κ2) is 6.27. The molecule has 0 aliphatic carbocycles. The van der Waals surface area contributed by atoms with Gasteiger partial charge < -0.3 is 5.32 Å². The van der Waals surface area contributed by atoms with E-state index in [1.165, 1.54) is 4.90 Å². The molecule has 2 aliphatic heterocycles. The van der Waals surface area contributed by atoms with Gasteiger partial charge >= 0.3 is 0 Å². The summed E-state index contributed by atoms with van der Waals surface area (Å²) in [6, 6.07) is 7.85. The van der Waals surface area contributed by atoms with E-state index in [0.29, 0.717) is 18.7 Å². The molecular formula is C16H19N3O3. The SMILES string of the molecule is O=C1NCCCC[C@H]1N[C@@H]1CC(=O)N(c2ccccc2)C1=O. The van der Waals surface area contributed by atoms with E-state index in [4.69, 9.17) is 0 Å². The fraction of sp³-hybridized carbons (Fsp3) is 0.438. The van der Waals surface area contributed by atoms with Crippen LogP contribution in [-0.4, -0.2) is 36.3 Å². The minimum absolute atomic E-state index is 0.0871. The molecule has 6 nitrogen and oxygen atoms in total. The zero-order valence-corrected chi connectivity index (χ0v) is 12.2. The summed E-state index contributed by atoms with van der Waals surface area (Å²) in [5.74, 6) is -0.605. The van der Waals surface area contributed by atoms with Gasteiger partial charge in [-0.05, 0) is 31.4 Å². The molecule has 0 bridgehead atoms. The molecule has 2 saturated heterocycles. The van der Waals surface area contributed by atoms with E-state index < -0.39 is 12.1 Å². The number of rotatable bonds is 3. The van der Waals surface area contributed by atoms with Gasteiger partial charge in [0, 0.05) is 6.54 Å². The number of hydrogen-bond acceptors (Lipinski definition) is 4. The van der Waals surface area contributed by atoms with E-state index in [2.05, 4.69) is 10.6 Å². The molecule has 2 N–H and O–H groups in total. The Hall–Kier alpha value is -2.21. The first-order valence-corrected chi connectivity index (χ1v) is 7.62. The number of hydrogen-bond donors (Lipinski definition) is 2. The third-order valence-corrected chi connectivity index (χ3v) is 4.10. The molecule has 116 valence electrons. The predicted molar refractivity (Wildman–Crippen MR) is 81.1 cm³/mol. The van der Waals surface area contributed by atoms with E-state index in [-0.39, 0.29) is 24.1 Å². The van der Waals surface area contributed by atoms with Gasteiger partial charge in [-0.3, -0.25) is 19.7 Å². The fourth-order valence-electron chi connectivity index (χ4n) is 2.95. The van der Waals surface area contributed by atoms with Crippen molar-refractivity contribution in [3.05, 3.63) is 30.3 Å². The average molecular weight is 301 g/mol. The van der Waals surface area contributed by atoms with E-state index in [1.807, 2.05) is 6.07 Å². The number of nitrogens with zero attached hydrogens (tertiary/aromatic N) is 1. The van der Waals surface area contributed by atoms with Crippen molar-refractivity contribution >= 4 is 23.4 Å². The summed E-state index contributed by atoms with van der Waals surface area (Å²) >= 11 is 0. The van der Waals surface area contributed by atoms with Crippen molar-refractivity contribution in [2.24, 2.45) is 0 Å². The minimum atomic E-state index is -0.624. The maximum absolute atomic E-state index is 12.5. The molecule has 1 aromatic carbocycles. The Morgan fingerprint density at radius 3 is 2.59 bits per heavy atom. The van der Waals surface area contributed by atoms with Crippen molar-refractivity contribution in [3.8, 4) is 0 Å². The second-order valence-corrected chi connectivity index (χ2v) is 5.67. The molecule has 2 atom stereocenters. The van der Waals surface area contributed by atoms with Crippen molar-refractivity contribution in [2.45, 2.75) is 37.8 Å². The molecule has 3 amide bonds. The Balaban J connectivity index is 1.72. The number of imide groups is 1. The Bertz CT molecular complexity index is 588. The van der Waals surface area contributed by atoms with E-state index in [0.717, 1.165) is 12.8 Å². The Kier molecular flexibility index (Phi) is 4.20. The fourth-order valence-corrected chi connectivity index (χ4v) is 2.95. The Morgan fingerprint density at radius 1 is 1.05 bits per heavy atom. The van der Waals surface area contributed by atoms with Crippen LogP contribution in [0.5, 0.6) is 0 Å². The van der Waals surface area contributed by atoms with Crippen molar-refractivity contribution in [3.63, 3.8) is 0 Å². The van der Waals surface area contributed by atoms with Crippen molar-refractivity contribution in [1.82, 2.24) is 10.6 Å². The van der Waals surface area contributed by atoms with Gasteiger partial charge in [0.1, 0.15) is 0 Å². The van der Waals surface area contributed by atoms with Crippen LogP contribution < -0.4 is 15.5 Å². The van der Waals surface area contributed by atoms with Gasteiger partial charge in [-0.25, -0.2) is 4.90 Å². The zero-order valence-electron chi connectivity index (χ0n) is 12.2. The van der Waals surface area contributed by atoms with E-state index >= 15 is 0 Å². The lowest BCUT2D eigenvalue weighted by Crippen LogP contribution is -2.50. The standard InChI is InChI=1S/C16H19N3O3/c20-14-10-13(18-12-8-4-5-9-17-15(12)21)16(22)19(14)11-6-2-1-3-7-11/h1-3,6-7,12-13,18H,4-5,8-10H2,(H,17,21)/t12-,13-/m1/s1. The quantitative estimate of drug-likeness (QED) is 0.800. The summed E-state index contributed by atoms with van der Waals surface area (Å²) in [6.45, 7) is 0.671. The molecule has 0 spiro atoms. The highest BCUT2D eigenvalue weighted by molar-refractivity contribution is 6.22. The molecular weight excluding hydrogens is 282 g/mol. The van der Waals surface area contributed by atoms with Crippen LogP contribution in [-0.2, 0) is 14.4 Å². The molecule has 2 fully saturated rings. The highest BCUT2D eigenvalue weighted by Gasteiger charge is 2.41. The molecule has 22 heavy (non-hydrogen) atoms. The van der Waals surface area contributed by atoms with Gasteiger partial charge in [0.2, 0.25) is 11.8 Å². The van der Waals surface area contributed by atoms with Crippen LogP contribution in [0.2, 0.25) is 0 Å². The van der Waals surface area contributed by atoms with E-state index in [1.54, 1.807) is 24.3 Å². The summed E-state index contributed by atoms with van der Waals surface area (Å²) in [6.07, 6.45) is 2.65. The molecule has 3 rings (SSSR count). The number of carbonyl (C=O) groups is 3. The van der Waals surface area contributed by atoms with Crippen LogP contribution in [0.3, 0.4) is 0 Å². The van der Waals surface area contributed by atoms with Crippen LogP contribution in [0.15, 0.2) is 30.3 Å². The topological polar surface area (TPSA) is 78.5 Å². The molecule has 0 aromatic heterocycles. The first-order valence-electron chi connectivity index (χ1n) is 7.62. The molecule has 0 unspecified atom stereocenters. The van der Waals surface area contributed by atoms with Crippen molar-refractivity contribution in [2.75, 3.05) is 11.4 Å². The number of para-hydroxylation sites is 1. The van der Waals surface area contributed by atoms with Gasteiger partial charge in [0.05, 0.1) is 24.2 Å². The molecule has 6 heteroatoms. The average Bonchev–Trinajstić information content (AvgIpc) is 2.67. The van der Waals surface area contributed by atoms with Crippen LogP contribution in [0, 0.1) is 0 Å². The highest BCUT2D eigenvalue weighted by Crippen LogP contribution is 2.23. The smallest absolute Gasteiger partial charge is 0.251 e. The maximum atomic E-state index is 12.5. The zero-order chi connectivity index (χ0) is 15.5. The maximum Gasteiger partial charge on any atom is 0.251 e. The lowest BCUT2D eigenvalue weighted by Gasteiger charge is -2.19. The van der Waals surface area contributed by atoms with Crippen LogP contribution in [0.25, 0.3) is 0 Å². The van der Waals surface area contributed by atoms with Crippen molar-refractivity contribution in [1.29, 1.82) is 0 Å². The van der Waals surface area contributed by atoms with Gasteiger partial charge in [0.25, 0.3) is 5.91 Å². The molecule has 2 heterocycles. The number of benzene rings is 1. The van der Waals surface area contributed by atoms with Crippen LogP contribution >= 0.6 is 0 Å². The largest absolute Gasteiger partial charge is 0.355 e. The second-order valence-electron chi connectivity index (χ2n) is 5.67. The van der Waals surface area contributed by atoms with Gasteiger partial charge in [0.15, 0.2) is 0 Å². The highest BCUT2D eigenvalue weighted by atomic mass is 16.2. The third-order valence-electron chi connectivity index (χ3n) is 4.10. The van der Waals surface area contributed by atoms with E-state index in [9.17, 15) is 14.4 Å². The Morgan fingerprint density at radius 2 is 1.82 bits per heavy atom. The normalized spacial score (nSPS) is 26.0. The lowest BCUT2D eigenvalue weighted by molar-refractivity contribution is -0.123. The summed E-state index contributed by atoms with van der Waals surface area (Å²) in [5, 5.41) is 5.89. The molecule has 1 aromatic rings. The summed E-state index contributed by atoms with van der Waals surface area (Å²) in [5.41, 5.74) is 0.576. The first-order chi connectivity index (χ1) is 10.7. The number of nitrogens with one attached hydrogen (secondary N) is 2. The lowest BCUT2D eigenvalue weighted by atomic mass is 10.1.